The van der Waals surface area contributed by atoms with E-state index >= 15 is 0 Å². The third kappa shape index (κ3) is 2.45. The third-order valence-electron chi connectivity index (χ3n) is 2.01. The van der Waals surface area contributed by atoms with Crippen LogP contribution in [0.25, 0.3) is 0 Å². The van der Waals surface area contributed by atoms with E-state index in [1.807, 2.05) is 13.0 Å². The molecule has 0 aromatic heterocycles. The van der Waals surface area contributed by atoms with E-state index in [0.29, 0.717) is 6.54 Å². The van der Waals surface area contributed by atoms with Crippen molar-refractivity contribution in [1.82, 2.24) is 0 Å². The molecule has 13 heavy (non-hydrogen) atoms. The molecule has 1 rings (SSSR count). The molecule has 0 saturated heterocycles. The maximum absolute atomic E-state index is 5.48. The highest BCUT2D eigenvalue weighted by atomic mass is 79.9. The Hall–Kier alpha value is -0.540. The van der Waals surface area contributed by atoms with Gasteiger partial charge in [-0.2, -0.15) is 0 Å². The van der Waals surface area contributed by atoms with Gasteiger partial charge in [0.05, 0.1) is 7.11 Å². The second-order valence-corrected chi connectivity index (χ2v) is 3.80. The molecule has 0 atom stereocenters. The fourth-order valence-corrected chi connectivity index (χ4v) is 1.72. The van der Waals surface area contributed by atoms with Gasteiger partial charge in [-0.25, -0.2) is 0 Å². The van der Waals surface area contributed by atoms with E-state index in [1.54, 1.807) is 7.11 Å². The lowest BCUT2D eigenvalue weighted by atomic mass is 10.1. The summed E-state index contributed by atoms with van der Waals surface area (Å²) < 4.78 is 6.32. The van der Waals surface area contributed by atoms with Gasteiger partial charge in [0, 0.05) is 10.0 Å². The maximum atomic E-state index is 5.48. The molecular weight excluding hydrogens is 230 g/mol. The summed E-state index contributed by atoms with van der Waals surface area (Å²) in [4.78, 5) is 0. The molecule has 0 spiro atoms. The van der Waals surface area contributed by atoms with E-state index in [2.05, 4.69) is 22.0 Å². The molecule has 0 unspecified atom stereocenters. The molecule has 0 amide bonds. The summed E-state index contributed by atoms with van der Waals surface area (Å²) in [5.74, 6) is 0.915. The van der Waals surface area contributed by atoms with Crippen LogP contribution in [0.3, 0.4) is 0 Å². The molecule has 2 N–H and O–H groups in total. The van der Waals surface area contributed by atoms with Crippen molar-refractivity contribution in [3.05, 3.63) is 27.7 Å². The zero-order valence-corrected chi connectivity index (χ0v) is 9.52. The molecule has 0 radical (unpaired) electrons. The molecule has 0 aliphatic rings. The predicted molar refractivity (Wildman–Crippen MR) is 58.2 cm³/mol. The summed E-state index contributed by atoms with van der Waals surface area (Å²) in [5, 5.41) is 0. The van der Waals surface area contributed by atoms with Gasteiger partial charge >= 0.3 is 0 Å². The number of hydrogen-bond acceptors (Lipinski definition) is 2. The first-order valence-electron chi connectivity index (χ1n) is 4.22. The van der Waals surface area contributed by atoms with Gasteiger partial charge in [-0.05, 0) is 37.6 Å². The fourth-order valence-electron chi connectivity index (χ4n) is 1.23. The van der Waals surface area contributed by atoms with Gasteiger partial charge < -0.3 is 10.5 Å². The van der Waals surface area contributed by atoms with Crippen molar-refractivity contribution < 1.29 is 4.74 Å². The number of nitrogens with two attached hydrogens (primary N) is 1. The van der Waals surface area contributed by atoms with Crippen LogP contribution in [0, 0.1) is 6.92 Å². The molecule has 0 saturated carbocycles. The van der Waals surface area contributed by atoms with E-state index in [0.717, 1.165) is 22.2 Å². The van der Waals surface area contributed by atoms with E-state index in [9.17, 15) is 0 Å². The van der Waals surface area contributed by atoms with Crippen molar-refractivity contribution in [2.75, 3.05) is 13.7 Å². The van der Waals surface area contributed by atoms with E-state index in [-0.39, 0.29) is 0 Å². The van der Waals surface area contributed by atoms with Crippen molar-refractivity contribution in [2.24, 2.45) is 5.73 Å². The molecule has 2 nitrogen and oxygen atoms in total. The Labute approximate surface area is 87.2 Å². The van der Waals surface area contributed by atoms with Gasteiger partial charge in [0.25, 0.3) is 0 Å². The van der Waals surface area contributed by atoms with Gasteiger partial charge in [-0.3, -0.25) is 0 Å². The van der Waals surface area contributed by atoms with E-state index < -0.39 is 0 Å². The highest BCUT2D eigenvalue weighted by Gasteiger charge is 2.04. The van der Waals surface area contributed by atoms with Gasteiger partial charge in [0.1, 0.15) is 5.75 Å². The molecule has 3 heteroatoms. The Morgan fingerprint density at radius 1 is 1.46 bits per heavy atom. The first kappa shape index (κ1) is 10.5. The number of methoxy groups -OCH3 is 1. The van der Waals surface area contributed by atoms with Crippen molar-refractivity contribution in [1.29, 1.82) is 0 Å². The fraction of sp³-hybridized carbons (Fsp3) is 0.400. The SMILES string of the molecule is COc1cc(CCN)cc(Br)c1C. The van der Waals surface area contributed by atoms with Gasteiger partial charge in [-0.1, -0.05) is 15.9 Å². The first-order valence-corrected chi connectivity index (χ1v) is 5.01. The standard InChI is InChI=1S/C10H14BrNO/c1-7-9(11)5-8(3-4-12)6-10(7)13-2/h5-6H,3-4,12H2,1-2H3. The Morgan fingerprint density at radius 2 is 2.15 bits per heavy atom. The summed E-state index contributed by atoms with van der Waals surface area (Å²) in [6, 6.07) is 4.12. The number of ether oxygens (including phenoxy) is 1. The van der Waals surface area contributed by atoms with Crippen molar-refractivity contribution in [2.45, 2.75) is 13.3 Å². The van der Waals surface area contributed by atoms with Crippen molar-refractivity contribution >= 4 is 15.9 Å². The van der Waals surface area contributed by atoms with Crippen LogP contribution in [0.5, 0.6) is 5.75 Å². The molecule has 1 aromatic rings. The Kier molecular flexibility index (Phi) is 3.75. The average Bonchev–Trinajstić information content (AvgIpc) is 2.11. The lowest BCUT2D eigenvalue weighted by molar-refractivity contribution is 0.411. The Bertz CT molecular complexity index is 299. The molecule has 72 valence electrons. The molecule has 0 aliphatic carbocycles. The van der Waals surface area contributed by atoms with Crippen LogP contribution in [0.15, 0.2) is 16.6 Å². The monoisotopic (exact) mass is 243 g/mol. The minimum absolute atomic E-state index is 0.665. The summed E-state index contributed by atoms with van der Waals surface area (Å²) in [6.07, 6.45) is 0.884. The minimum Gasteiger partial charge on any atom is -0.496 e. The number of benzene rings is 1. The molecular formula is C10H14BrNO. The van der Waals surface area contributed by atoms with Gasteiger partial charge in [0.15, 0.2) is 0 Å². The molecule has 0 bridgehead atoms. The minimum atomic E-state index is 0.665. The quantitative estimate of drug-likeness (QED) is 0.885. The zero-order valence-electron chi connectivity index (χ0n) is 7.93. The van der Waals surface area contributed by atoms with Crippen LogP contribution in [-0.2, 0) is 6.42 Å². The van der Waals surface area contributed by atoms with Crippen LogP contribution >= 0.6 is 15.9 Å². The molecule has 0 heterocycles. The molecule has 0 fully saturated rings. The predicted octanol–water partition coefficient (Wildman–Crippen LogP) is 2.27. The zero-order chi connectivity index (χ0) is 9.84. The summed E-state index contributed by atoms with van der Waals surface area (Å²) >= 11 is 3.49. The molecule has 1 aromatic carbocycles. The summed E-state index contributed by atoms with van der Waals surface area (Å²) in [6.45, 7) is 2.69. The Balaban J connectivity index is 3.06. The third-order valence-corrected chi connectivity index (χ3v) is 2.83. The van der Waals surface area contributed by atoms with Crippen LogP contribution in [-0.4, -0.2) is 13.7 Å². The topological polar surface area (TPSA) is 35.2 Å². The number of hydrogen-bond donors (Lipinski definition) is 1. The second-order valence-electron chi connectivity index (χ2n) is 2.94. The lowest BCUT2D eigenvalue weighted by Gasteiger charge is -2.09. The largest absolute Gasteiger partial charge is 0.496 e. The first-order chi connectivity index (χ1) is 6.19. The number of rotatable bonds is 3. The van der Waals surface area contributed by atoms with Crippen LogP contribution in [0.1, 0.15) is 11.1 Å². The van der Waals surface area contributed by atoms with E-state index in [4.69, 9.17) is 10.5 Å². The van der Waals surface area contributed by atoms with Crippen LogP contribution in [0.4, 0.5) is 0 Å². The van der Waals surface area contributed by atoms with Crippen LogP contribution < -0.4 is 10.5 Å². The van der Waals surface area contributed by atoms with Crippen LogP contribution in [0.2, 0.25) is 0 Å². The smallest absolute Gasteiger partial charge is 0.123 e. The Morgan fingerprint density at radius 3 is 2.69 bits per heavy atom. The highest BCUT2D eigenvalue weighted by Crippen LogP contribution is 2.27. The highest BCUT2D eigenvalue weighted by molar-refractivity contribution is 9.10. The van der Waals surface area contributed by atoms with Gasteiger partial charge in [-0.15, -0.1) is 0 Å². The average molecular weight is 244 g/mol. The van der Waals surface area contributed by atoms with Crippen molar-refractivity contribution in [3.63, 3.8) is 0 Å². The normalized spacial score (nSPS) is 10.2. The summed E-state index contributed by atoms with van der Waals surface area (Å²) in [7, 11) is 1.68. The number of halogens is 1. The van der Waals surface area contributed by atoms with Crippen molar-refractivity contribution in [3.8, 4) is 5.75 Å². The van der Waals surface area contributed by atoms with E-state index in [1.165, 1.54) is 5.56 Å². The lowest BCUT2D eigenvalue weighted by Crippen LogP contribution is -2.03. The van der Waals surface area contributed by atoms with Gasteiger partial charge in [0.2, 0.25) is 0 Å². The molecule has 0 aliphatic heterocycles. The summed E-state index contributed by atoms with van der Waals surface area (Å²) in [5.41, 5.74) is 7.82. The maximum Gasteiger partial charge on any atom is 0.123 e. The second kappa shape index (κ2) is 4.63.